The monoisotopic (exact) mass is 414 g/mol. The van der Waals surface area contributed by atoms with Crippen LogP contribution in [0.25, 0.3) is 0 Å². The summed E-state index contributed by atoms with van der Waals surface area (Å²) in [6.45, 7) is -0.723. The molecular weight excluding hydrogens is 401 g/mol. The minimum atomic E-state index is -4.84. The van der Waals surface area contributed by atoms with Crippen LogP contribution in [0, 0.1) is 10.1 Å². The average molecular weight is 414 g/mol. The number of nitrogens with one attached hydrogen (secondary N) is 1. The number of ether oxygens (including phenoxy) is 3. The van der Waals surface area contributed by atoms with Crippen molar-refractivity contribution in [3.8, 4) is 11.5 Å². The number of benzene rings is 2. The molecule has 2 aromatic rings. The number of methoxy groups -OCH3 is 1. The predicted molar refractivity (Wildman–Crippen MR) is 91.7 cm³/mol. The first-order chi connectivity index (χ1) is 13.6. The van der Waals surface area contributed by atoms with Crippen molar-refractivity contribution < 1.29 is 41.9 Å². The molecule has 0 aliphatic carbocycles. The largest absolute Gasteiger partial charge is 0.573 e. The molecule has 1 amide bonds. The normalized spacial score (nSPS) is 10.8. The summed E-state index contributed by atoms with van der Waals surface area (Å²) in [6.07, 6.45) is -4.84. The Balaban J connectivity index is 1.93. The fourth-order valence-electron chi connectivity index (χ4n) is 2.11. The number of rotatable bonds is 7. The second-order valence-corrected chi connectivity index (χ2v) is 5.34. The van der Waals surface area contributed by atoms with Gasteiger partial charge < -0.3 is 19.5 Å². The molecule has 0 spiro atoms. The van der Waals surface area contributed by atoms with Crippen LogP contribution in [0.2, 0.25) is 0 Å². The molecule has 0 saturated heterocycles. The van der Waals surface area contributed by atoms with Crippen LogP contribution in [0.3, 0.4) is 0 Å². The molecule has 12 heteroatoms. The Morgan fingerprint density at radius 3 is 2.34 bits per heavy atom. The Morgan fingerprint density at radius 2 is 1.79 bits per heavy atom. The van der Waals surface area contributed by atoms with Crippen molar-refractivity contribution in [3.05, 3.63) is 58.1 Å². The molecule has 1 N–H and O–H groups in total. The molecule has 154 valence electrons. The second kappa shape index (κ2) is 8.91. The minimum Gasteiger partial charge on any atom is -0.490 e. The zero-order valence-electron chi connectivity index (χ0n) is 14.7. The Labute approximate surface area is 161 Å². The van der Waals surface area contributed by atoms with Gasteiger partial charge >= 0.3 is 18.0 Å². The van der Waals surface area contributed by atoms with Gasteiger partial charge in [-0.15, -0.1) is 13.2 Å². The highest BCUT2D eigenvalue weighted by atomic mass is 19.4. The molecule has 0 bridgehead atoms. The first-order valence-corrected chi connectivity index (χ1v) is 7.74. The molecule has 0 aliphatic heterocycles. The highest BCUT2D eigenvalue weighted by Crippen LogP contribution is 2.28. The van der Waals surface area contributed by atoms with E-state index in [1.165, 1.54) is 19.2 Å². The summed E-state index contributed by atoms with van der Waals surface area (Å²) >= 11 is 0. The van der Waals surface area contributed by atoms with Crippen LogP contribution in [0.5, 0.6) is 11.5 Å². The van der Waals surface area contributed by atoms with Gasteiger partial charge in [0.25, 0.3) is 5.91 Å². The van der Waals surface area contributed by atoms with E-state index in [4.69, 9.17) is 9.47 Å². The Bertz CT molecular complexity index is 914. The lowest BCUT2D eigenvalue weighted by molar-refractivity contribution is -0.385. The number of hydrogen-bond acceptors (Lipinski definition) is 7. The third kappa shape index (κ3) is 6.37. The number of anilines is 1. The maximum Gasteiger partial charge on any atom is 0.573 e. The molecule has 9 nitrogen and oxygen atoms in total. The predicted octanol–water partition coefficient (Wildman–Crippen LogP) is 3.30. The van der Waals surface area contributed by atoms with E-state index < -0.39 is 41.2 Å². The molecule has 2 aromatic carbocycles. The average Bonchev–Trinajstić information content (AvgIpc) is 2.66. The van der Waals surface area contributed by atoms with E-state index in [0.717, 1.165) is 30.3 Å². The molecule has 29 heavy (non-hydrogen) atoms. The van der Waals surface area contributed by atoms with Crippen molar-refractivity contribution in [2.75, 3.05) is 19.0 Å². The third-order valence-electron chi connectivity index (χ3n) is 3.32. The Kier molecular flexibility index (Phi) is 6.59. The van der Waals surface area contributed by atoms with Crippen molar-refractivity contribution in [1.82, 2.24) is 0 Å². The molecule has 0 aromatic heterocycles. The number of nitrogens with zero attached hydrogens (tertiary/aromatic N) is 1. The second-order valence-electron chi connectivity index (χ2n) is 5.34. The van der Waals surface area contributed by atoms with Crippen molar-refractivity contribution in [2.24, 2.45) is 0 Å². The summed E-state index contributed by atoms with van der Waals surface area (Å²) in [5.41, 5.74) is -0.479. The first kappa shape index (κ1) is 21.5. The molecule has 0 aliphatic rings. The Hall–Kier alpha value is -3.83. The van der Waals surface area contributed by atoms with E-state index in [0.29, 0.717) is 0 Å². The number of amides is 1. The number of nitro benzene ring substituents is 1. The summed E-state index contributed by atoms with van der Waals surface area (Å²) in [7, 11) is 1.23. The van der Waals surface area contributed by atoms with Gasteiger partial charge in [-0.25, -0.2) is 4.79 Å². The number of hydrogen-bond donors (Lipinski definition) is 1. The van der Waals surface area contributed by atoms with Crippen molar-refractivity contribution in [2.45, 2.75) is 6.36 Å². The molecule has 0 saturated carbocycles. The van der Waals surface area contributed by atoms with E-state index in [1.807, 2.05) is 0 Å². The van der Waals surface area contributed by atoms with Gasteiger partial charge in [-0.05, 0) is 36.4 Å². The quantitative estimate of drug-likeness (QED) is 0.420. The lowest BCUT2D eigenvalue weighted by atomic mass is 10.2. The minimum absolute atomic E-state index is 0.0535. The van der Waals surface area contributed by atoms with Crippen LogP contribution < -0.4 is 14.8 Å². The highest BCUT2D eigenvalue weighted by Gasteiger charge is 2.31. The van der Waals surface area contributed by atoms with Gasteiger partial charge in [0.05, 0.1) is 17.6 Å². The van der Waals surface area contributed by atoms with Crippen LogP contribution in [-0.4, -0.2) is 36.9 Å². The maximum atomic E-state index is 12.1. The van der Waals surface area contributed by atoms with Gasteiger partial charge in [-0.3, -0.25) is 14.9 Å². The van der Waals surface area contributed by atoms with Gasteiger partial charge in [0.1, 0.15) is 5.75 Å². The summed E-state index contributed by atoms with van der Waals surface area (Å²) in [5, 5.41) is 13.3. The maximum absolute atomic E-state index is 12.1. The highest BCUT2D eigenvalue weighted by molar-refractivity contribution is 5.96. The standard InChI is InChI=1S/C17H13F3N2O7/c1-27-14-7-2-10(8-13(14)22(25)26)16(24)28-9-15(23)21-11-3-5-12(6-4-11)29-17(18,19)20/h2-8H,9H2,1H3,(H,21,23). The number of carbonyl (C=O) groups excluding carboxylic acids is 2. The van der Waals surface area contributed by atoms with E-state index in [-0.39, 0.29) is 17.0 Å². The van der Waals surface area contributed by atoms with Crippen molar-refractivity contribution in [1.29, 1.82) is 0 Å². The van der Waals surface area contributed by atoms with E-state index >= 15 is 0 Å². The van der Waals surface area contributed by atoms with Crippen LogP contribution in [0.1, 0.15) is 10.4 Å². The summed E-state index contributed by atoms with van der Waals surface area (Å²) in [5.74, 6) is -2.28. The number of esters is 1. The van der Waals surface area contributed by atoms with Crippen molar-refractivity contribution >= 4 is 23.3 Å². The lowest BCUT2D eigenvalue weighted by Gasteiger charge is -2.10. The topological polar surface area (TPSA) is 117 Å². The van der Waals surface area contributed by atoms with Crippen molar-refractivity contribution in [3.63, 3.8) is 0 Å². The summed E-state index contributed by atoms with van der Waals surface area (Å²) in [6, 6.07) is 7.68. The van der Waals surface area contributed by atoms with Gasteiger partial charge in [0.2, 0.25) is 0 Å². The van der Waals surface area contributed by atoms with E-state index in [9.17, 15) is 32.9 Å². The SMILES string of the molecule is COc1ccc(C(=O)OCC(=O)Nc2ccc(OC(F)(F)F)cc2)cc1[N+](=O)[O-]. The van der Waals surface area contributed by atoms with Crippen LogP contribution in [0.15, 0.2) is 42.5 Å². The van der Waals surface area contributed by atoms with Gasteiger partial charge in [-0.2, -0.15) is 0 Å². The van der Waals surface area contributed by atoms with E-state index in [1.54, 1.807) is 0 Å². The fourth-order valence-corrected chi connectivity index (χ4v) is 2.11. The zero-order chi connectivity index (χ0) is 21.6. The third-order valence-corrected chi connectivity index (χ3v) is 3.32. The van der Waals surface area contributed by atoms with E-state index in [2.05, 4.69) is 10.1 Å². The van der Waals surface area contributed by atoms with Gasteiger partial charge in [-0.1, -0.05) is 0 Å². The number of nitro groups is 1. The van der Waals surface area contributed by atoms with Gasteiger partial charge in [0, 0.05) is 11.8 Å². The lowest BCUT2D eigenvalue weighted by Crippen LogP contribution is -2.21. The number of halogens is 3. The zero-order valence-corrected chi connectivity index (χ0v) is 14.7. The summed E-state index contributed by atoms with van der Waals surface area (Å²) in [4.78, 5) is 34.0. The molecule has 2 rings (SSSR count). The number of alkyl halides is 3. The van der Waals surface area contributed by atoms with Crippen LogP contribution >= 0.6 is 0 Å². The van der Waals surface area contributed by atoms with Crippen LogP contribution in [-0.2, 0) is 9.53 Å². The molecule has 0 heterocycles. The van der Waals surface area contributed by atoms with Gasteiger partial charge in [0.15, 0.2) is 12.4 Å². The molecule has 0 unspecified atom stereocenters. The fraction of sp³-hybridized carbons (Fsp3) is 0.176. The Morgan fingerprint density at radius 1 is 1.14 bits per heavy atom. The summed E-state index contributed by atoms with van der Waals surface area (Å²) < 4.78 is 49.6. The smallest absolute Gasteiger partial charge is 0.490 e. The molecular formula is C17H13F3N2O7. The number of carbonyl (C=O) groups is 2. The molecule has 0 fully saturated rings. The molecule has 0 atom stereocenters. The first-order valence-electron chi connectivity index (χ1n) is 7.74. The molecule has 0 radical (unpaired) electrons. The van der Waals surface area contributed by atoms with Crippen LogP contribution in [0.4, 0.5) is 24.5 Å².